The van der Waals surface area contributed by atoms with Gasteiger partial charge in [-0.25, -0.2) is 13.7 Å². The predicted molar refractivity (Wildman–Crippen MR) is 169 cm³/mol. The summed E-state index contributed by atoms with van der Waals surface area (Å²) in [5.41, 5.74) is -1.83. The molecule has 23 heteroatoms. The van der Waals surface area contributed by atoms with Gasteiger partial charge in [0.05, 0.1) is 11.1 Å². The molecule has 45 heavy (non-hydrogen) atoms. The monoisotopic (exact) mass is 813 g/mol. The zero-order valence-electron chi connectivity index (χ0n) is 24.8. The van der Waals surface area contributed by atoms with Gasteiger partial charge in [0.1, 0.15) is 18.3 Å². The van der Waals surface area contributed by atoms with Gasteiger partial charge in [0.2, 0.25) is 0 Å². The van der Waals surface area contributed by atoms with Crippen molar-refractivity contribution >= 4 is 62.1 Å². The van der Waals surface area contributed by atoms with Crippen LogP contribution in [0.4, 0.5) is 0 Å². The van der Waals surface area contributed by atoms with Crippen LogP contribution in [0, 0.1) is 0 Å². The number of hydrogen-bond acceptors (Lipinski definition) is 11. The maximum absolute atomic E-state index is 11.9. The lowest BCUT2D eigenvalue weighted by Gasteiger charge is -2.26. The number of nitrogens with one attached hydrogen (secondary N) is 1. The Bertz CT molecular complexity index is 1330. The summed E-state index contributed by atoms with van der Waals surface area (Å²) in [6.45, 7) is 9.67. The summed E-state index contributed by atoms with van der Waals surface area (Å²) < 4.78 is 45.1. The van der Waals surface area contributed by atoms with E-state index in [1.807, 2.05) is 4.98 Å². The van der Waals surface area contributed by atoms with Crippen LogP contribution in [0.2, 0.25) is 0 Å². The molecule has 0 aliphatic carbocycles. The molecule has 2 unspecified atom stereocenters. The number of halogens is 3. The Kier molecular flexibility index (Phi) is 17.9. The van der Waals surface area contributed by atoms with Gasteiger partial charge in [0, 0.05) is 6.20 Å². The smallest absolute Gasteiger partial charge is 0.387 e. The summed E-state index contributed by atoms with van der Waals surface area (Å²) in [6, 6.07) is 0. The van der Waals surface area contributed by atoms with Crippen LogP contribution in [-0.2, 0) is 27.3 Å². The molecule has 0 amide bonds. The first-order valence-electron chi connectivity index (χ1n) is 13.9. The van der Waals surface area contributed by atoms with Crippen LogP contribution in [-0.4, -0.2) is 92.6 Å². The van der Waals surface area contributed by atoms with Gasteiger partial charge in [-0.05, 0) is 54.8 Å². The fraction of sp³-hybridized carbons (Fsp3) is 0.818. The molecule has 0 saturated carbocycles. The Morgan fingerprint density at radius 1 is 0.978 bits per heavy atom. The van der Waals surface area contributed by atoms with Gasteiger partial charge in [-0.15, -0.1) is 0 Å². The van der Waals surface area contributed by atoms with Crippen molar-refractivity contribution in [1.82, 2.24) is 14.5 Å². The van der Waals surface area contributed by atoms with Gasteiger partial charge >= 0.3 is 32.5 Å². The molecular weight excluding hydrogens is 774 g/mol. The van der Waals surface area contributed by atoms with Crippen molar-refractivity contribution in [2.24, 2.45) is 0 Å². The standard InChI is InChI=1S/C12H27N.C10H14BrCl2N2O14P3/c1-4-7-10-13(11-8-5-2)12-9-6-3;11-3-1-15(9(19)14-7(3)18)8-6(17)5(16)4(28-8)2-27-32(25,26)29-31(23,24)10(12,13)30(20,21)22/h4-12H2,1-3H3;1,4-6,8,16-17H,2H2,(H,23,24)(H,25,26)(H,14,18,19)(H2,20,21,22)/t;4-,5-,6-,8-/m.1/s1. The van der Waals surface area contributed by atoms with Gasteiger partial charge in [0.15, 0.2) is 6.23 Å². The second-order valence-corrected chi connectivity index (χ2v) is 18.9. The normalized spacial score (nSPS) is 23.3. The molecule has 7 N–H and O–H groups in total. The van der Waals surface area contributed by atoms with Crippen molar-refractivity contribution in [1.29, 1.82) is 0 Å². The minimum Gasteiger partial charge on any atom is -0.387 e. The Balaban J connectivity index is 0.000000656. The maximum Gasteiger partial charge on any atom is 0.479 e. The maximum atomic E-state index is 11.9. The van der Waals surface area contributed by atoms with E-state index in [-0.39, 0.29) is 4.47 Å². The average molecular weight is 815 g/mol. The molecule has 1 aliphatic rings. The molecule has 17 nitrogen and oxygen atoms in total. The van der Waals surface area contributed by atoms with Crippen LogP contribution >= 0.6 is 62.1 Å². The van der Waals surface area contributed by atoms with Crippen molar-refractivity contribution in [2.45, 2.75) is 87.7 Å². The average Bonchev–Trinajstić information content (AvgIpc) is 3.21. The first kappa shape index (κ1) is 43.1. The minimum absolute atomic E-state index is 0.135. The second kappa shape index (κ2) is 18.7. The van der Waals surface area contributed by atoms with Gasteiger partial charge in [-0.2, -0.15) is 0 Å². The quantitative estimate of drug-likeness (QED) is 0.0880. The number of rotatable bonds is 17. The van der Waals surface area contributed by atoms with Crippen molar-refractivity contribution < 1.29 is 57.1 Å². The molecule has 2 heterocycles. The summed E-state index contributed by atoms with van der Waals surface area (Å²) in [5, 5.41) is 20.2. The van der Waals surface area contributed by atoms with Crippen LogP contribution in [0.15, 0.2) is 20.3 Å². The van der Waals surface area contributed by atoms with E-state index in [9.17, 15) is 43.3 Å². The molecule has 0 spiro atoms. The lowest BCUT2D eigenvalue weighted by atomic mass is 10.1. The van der Waals surface area contributed by atoms with Crippen LogP contribution in [0.3, 0.4) is 0 Å². The first-order chi connectivity index (χ1) is 20.7. The van der Waals surface area contributed by atoms with E-state index < -0.39 is 69.2 Å². The van der Waals surface area contributed by atoms with E-state index in [4.69, 9.17) is 37.7 Å². The van der Waals surface area contributed by atoms with Crippen molar-refractivity contribution in [3.05, 3.63) is 31.5 Å². The van der Waals surface area contributed by atoms with Crippen LogP contribution in [0.25, 0.3) is 0 Å². The highest BCUT2D eigenvalue weighted by Gasteiger charge is 2.62. The molecule has 264 valence electrons. The van der Waals surface area contributed by atoms with E-state index in [0.717, 1.165) is 6.20 Å². The minimum atomic E-state index is -5.91. The molecule has 0 bridgehead atoms. The SMILES string of the molecule is CCCCN(CCCC)CCCC.O=c1[nH]c(=O)n([C@@H]2O[C@H](COP(=O)(O)OP(=O)(O)C(Cl)(Cl)P(=O)(O)O)[C@@H](O)[C@H]2O)cc1Br. The molecule has 1 fully saturated rings. The van der Waals surface area contributed by atoms with Crippen molar-refractivity contribution in [3.8, 4) is 0 Å². The van der Waals surface area contributed by atoms with Gasteiger partial charge in [-0.3, -0.25) is 28.0 Å². The number of phosphoric ester groups is 1. The Labute approximate surface area is 278 Å². The predicted octanol–water partition coefficient (Wildman–Crippen LogP) is 3.19. The molecule has 1 aromatic heterocycles. The number of aromatic nitrogens is 2. The fourth-order valence-corrected chi connectivity index (χ4v) is 8.33. The van der Waals surface area contributed by atoms with Crippen LogP contribution in [0.5, 0.6) is 0 Å². The van der Waals surface area contributed by atoms with Crippen LogP contribution in [0.1, 0.15) is 65.5 Å². The van der Waals surface area contributed by atoms with Gasteiger partial charge in [0.25, 0.3) is 5.56 Å². The number of nitrogens with zero attached hydrogens (tertiary/aromatic N) is 2. The zero-order valence-corrected chi connectivity index (χ0v) is 30.6. The highest BCUT2D eigenvalue weighted by atomic mass is 79.9. The second-order valence-electron chi connectivity index (χ2n) is 10.0. The van der Waals surface area contributed by atoms with E-state index in [2.05, 4.69) is 50.4 Å². The summed E-state index contributed by atoms with van der Waals surface area (Å²) in [7, 11) is -17.3. The highest BCUT2D eigenvalue weighted by molar-refractivity contribution is 9.10. The number of H-pyrrole nitrogens is 1. The summed E-state index contributed by atoms with van der Waals surface area (Å²) in [5.74, 6) is 0. The molecule has 6 atom stereocenters. The Morgan fingerprint density at radius 2 is 1.47 bits per heavy atom. The highest BCUT2D eigenvalue weighted by Crippen LogP contribution is 2.79. The number of hydrogen-bond donors (Lipinski definition) is 7. The van der Waals surface area contributed by atoms with Gasteiger partial charge < -0.3 is 39.4 Å². The largest absolute Gasteiger partial charge is 0.479 e. The Morgan fingerprint density at radius 3 is 1.91 bits per heavy atom. The number of aromatic amines is 1. The summed E-state index contributed by atoms with van der Waals surface area (Å²) >= 11 is 13.1. The number of phosphoric acid groups is 1. The number of ether oxygens (including phenoxy) is 1. The number of unbranched alkanes of at least 4 members (excludes halogenated alkanes) is 3. The van der Waals surface area contributed by atoms with Gasteiger partial charge in [-0.1, -0.05) is 63.2 Å². The molecule has 2 rings (SSSR count). The molecule has 0 radical (unpaired) electrons. The molecule has 0 aromatic carbocycles. The Hall–Kier alpha value is 0.0300. The third-order valence-electron chi connectivity index (χ3n) is 6.33. The van der Waals surface area contributed by atoms with E-state index in [1.54, 1.807) is 0 Å². The third kappa shape index (κ3) is 12.8. The fourth-order valence-electron chi connectivity index (χ4n) is 3.77. The van der Waals surface area contributed by atoms with E-state index in [0.29, 0.717) is 4.57 Å². The summed E-state index contributed by atoms with van der Waals surface area (Å²) in [4.78, 5) is 64.8. The number of aliphatic hydroxyl groups is 2. The van der Waals surface area contributed by atoms with Crippen molar-refractivity contribution in [3.63, 3.8) is 0 Å². The van der Waals surface area contributed by atoms with Crippen molar-refractivity contribution in [2.75, 3.05) is 26.2 Å². The molecule has 1 saturated heterocycles. The lowest BCUT2D eigenvalue weighted by molar-refractivity contribution is -0.0542. The number of aliphatic hydroxyl groups excluding tert-OH is 2. The summed E-state index contributed by atoms with van der Waals surface area (Å²) in [6.07, 6.45) is 2.15. The third-order valence-corrected chi connectivity index (χ3v) is 14.6. The molecular formula is C22H41BrCl2N3O14P3. The van der Waals surface area contributed by atoms with Crippen LogP contribution < -0.4 is 11.2 Å². The van der Waals surface area contributed by atoms with E-state index >= 15 is 0 Å². The molecule has 1 aliphatic heterocycles. The lowest BCUT2D eigenvalue weighted by Crippen LogP contribution is -2.38. The topological polar surface area (TPSA) is 258 Å². The molecule has 1 aromatic rings. The zero-order chi connectivity index (χ0) is 34.8. The van der Waals surface area contributed by atoms with E-state index in [1.165, 1.54) is 58.2 Å². The number of alkyl halides is 2. The first-order valence-corrected chi connectivity index (χ1v) is 20.1.